The predicted molar refractivity (Wildman–Crippen MR) is 72.4 cm³/mol. The third-order valence-corrected chi connectivity index (χ3v) is 2.82. The quantitative estimate of drug-likeness (QED) is 0.870. The van der Waals surface area contributed by atoms with Crippen molar-refractivity contribution < 1.29 is 19.4 Å². The molecule has 2 aromatic rings. The Hall–Kier alpha value is -2.50. The highest BCUT2D eigenvalue weighted by molar-refractivity contribution is 5.88. The molecule has 1 aromatic carbocycles. The van der Waals surface area contributed by atoms with E-state index in [1.165, 1.54) is 19.2 Å². The molecule has 0 atom stereocenters. The molecule has 6 nitrogen and oxygen atoms in total. The predicted octanol–water partition coefficient (Wildman–Crippen LogP) is 1.75. The molecule has 106 valence electrons. The van der Waals surface area contributed by atoms with Crippen LogP contribution in [0.5, 0.6) is 11.5 Å². The number of aromatic carboxylic acids is 1. The number of nitrogens with zero attached hydrogens (tertiary/aromatic N) is 2. The Labute approximate surface area is 116 Å². The lowest BCUT2D eigenvalue weighted by Crippen LogP contribution is -2.04. The van der Waals surface area contributed by atoms with Crippen molar-refractivity contribution in [1.82, 2.24) is 9.78 Å². The highest BCUT2D eigenvalue weighted by Crippen LogP contribution is 2.28. The highest BCUT2D eigenvalue weighted by atomic mass is 16.5. The summed E-state index contributed by atoms with van der Waals surface area (Å²) in [6, 6.07) is 4.53. The van der Waals surface area contributed by atoms with Gasteiger partial charge in [0.1, 0.15) is 0 Å². The van der Waals surface area contributed by atoms with Crippen molar-refractivity contribution in [3.63, 3.8) is 0 Å². The van der Waals surface area contributed by atoms with Gasteiger partial charge in [0.05, 0.1) is 25.5 Å². The SMILES string of the molecule is COc1ccc(C(=O)O)cc1OCCc1cnn(C)c1. The van der Waals surface area contributed by atoms with E-state index in [2.05, 4.69) is 5.10 Å². The molecule has 1 N–H and O–H groups in total. The Balaban J connectivity index is 2.03. The Morgan fingerprint density at radius 1 is 1.40 bits per heavy atom. The van der Waals surface area contributed by atoms with E-state index >= 15 is 0 Å². The first-order valence-electron chi connectivity index (χ1n) is 6.12. The van der Waals surface area contributed by atoms with Crippen molar-refractivity contribution in [2.45, 2.75) is 6.42 Å². The van der Waals surface area contributed by atoms with Crippen molar-refractivity contribution >= 4 is 5.97 Å². The number of ether oxygens (including phenoxy) is 2. The third-order valence-electron chi connectivity index (χ3n) is 2.82. The van der Waals surface area contributed by atoms with Crippen LogP contribution in [0.4, 0.5) is 0 Å². The van der Waals surface area contributed by atoms with Gasteiger partial charge in [-0.25, -0.2) is 4.79 Å². The summed E-state index contributed by atoms with van der Waals surface area (Å²) in [7, 11) is 3.37. The Morgan fingerprint density at radius 2 is 2.20 bits per heavy atom. The van der Waals surface area contributed by atoms with Gasteiger partial charge in [-0.15, -0.1) is 0 Å². The minimum absolute atomic E-state index is 0.169. The first kappa shape index (κ1) is 13.9. The van der Waals surface area contributed by atoms with Gasteiger partial charge in [0, 0.05) is 19.7 Å². The molecule has 0 fully saturated rings. The van der Waals surface area contributed by atoms with Crippen LogP contribution in [0.25, 0.3) is 0 Å². The number of hydrogen-bond donors (Lipinski definition) is 1. The summed E-state index contributed by atoms with van der Waals surface area (Å²) in [6.45, 7) is 0.422. The third kappa shape index (κ3) is 3.28. The second-order valence-electron chi connectivity index (χ2n) is 4.29. The number of aromatic nitrogens is 2. The number of rotatable bonds is 6. The van der Waals surface area contributed by atoms with E-state index in [4.69, 9.17) is 14.6 Å². The minimum Gasteiger partial charge on any atom is -0.493 e. The van der Waals surface area contributed by atoms with Crippen molar-refractivity contribution in [2.75, 3.05) is 13.7 Å². The Morgan fingerprint density at radius 3 is 2.80 bits per heavy atom. The van der Waals surface area contributed by atoms with Crippen LogP contribution in [0, 0.1) is 0 Å². The lowest BCUT2D eigenvalue weighted by atomic mass is 10.2. The number of carboxylic acid groups (broad SMARTS) is 1. The molecule has 0 aliphatic carbocycles. The van der Waals surface area contributed by atoms with Crippen LogP contribution >= 0.6 is 0 Å². The van der Waals surface area contributed by atoms with Gasteiger partial charge in [-0.05, 0) is 23.8 Å². The molecule has 0 unspecified atom stereocenters. The van der Waals surface area contributed by atoms with E-state index in [0.717, 1.165) is 5.56 Å². The van der Waals surface area contributed by atoms with Crippen molar-refractivity contribution in [1.29, 1.82) is 0 Å². The monoisotopic (exact) mass is 276 g/mol. The number of benzene rings is 1. The fourth-order valence-corrected chi connectivity index (χ4v) is 1.80. The van der Waals surface area contributed by atoms with Gasteiger partial charge in [0.25, 0.3) is 0 Å². The van der Waals surface area contributed by atoms with E-state index in [0.29, 0.717) is 24.5 Å². The number of methoxy groups -OCH3 is 1. The molecule has 0 saturated carbocycles. The van der Waals surface area contributed by atoms with Crippen LogP contribution in [0.15, 0.2) is 30.6 Å². The number of carboxylic acids is 1. The van der Waals surface area contributed by atoms with Gasteiger partial charge in [-0.1, -0.05) is 0 Å². The standard InChI is InChI=1S/C14H16N2O4/c1-16-9-10(8-15-16)5-6-20-13-7-11(14(17)18)3-4-12(13)19-2/h3-4,7-9H,5-6H2,1-2H3,(H,17,18). The zero-order valence-corrected chi connectivity index (χ0v) is 11.4. The van der Waals surface area contributed by atoms with E-state index in [1.54, 1.807) is 16.9 Å². The van der Waals surface area contributed by atoms with Gasteiger partial charge >= 0.3 is 5.97 Å². The topological polar surface area (TPSA) is 73.6 Å². The van der Waals surface area contributed by atoms with Gasteiger partial charge in [-0.3, -0.25) is 4.68 Å². The first-order chi connectivity index (χ1) is 9.60. The Bertz CT molecular complexity index is 607. The molecule has 1 heterocycles. The van der Waals surface area contributed by atoms with Crippen molar-refractivity contribution in [2.24, 2.45) is 7.05 Å². The zero-order chi connectivity index (χ0) is 14.5. The van der Waals surface area contributed by atoms with E-state index < -0.39 is 5.97 Å². The van der Waals surface area contributed by atoms with Gasteiger partial charge in [0.15, 0.2) is 11.5 Å². The molecule has 0 aliphatic heterocycles. The van der Waals surface area contributed by atoms with Gasteiger partial charge in [0.2, 0.25) is 0 Å². The van der Waals surface area contributed by atoms with Crippen LogP contribution in [-0.2, 0) is 13.5 Å². The van der Waals surface area contributed by atoms with E-state index in [9.17, 15) is 4.79 Å². The second kappa shape index (κ2) is 6.10. The molecular weight excluding hydrogens is 260 g/mol. The molecular formula is C14H16N2O4. The summed E-state index contributed by atoms with van der Waals surface area (Å²) in [5.41, 5.74) is 1.23. The van der Waals surface area contributed by atoms with Crippen molar-refractivity contribution in [3.8, 4) is 11.5 Å². The number of carbonyl (C=O) groups is 1. The maximum atomic E-state index is 10.9. The average Bonchev–Trinajstić information content (AvgIpc) is 2.84. The molecule has 0 radical (unpaired) electrons. The van der Waals surface area contributed by atoms with Crippen LogP contribution in [-0.4, -0.2) is 34.6 Å². The normalized spacial score (nSPS) is 10.3. The van der Waals surface area contributed by atoms with Crippen molar-refractivity contribution in [3.05, 3.63) is 41.7 Å². The molecule has 0 spiro atoms. The molecule has 0 amide bonds. The lowest BCUT2D eigenvalue weighted by Gasteiger charge is -2.10. The smallest absolute Gasteiger partial charge is 0.335 e. The Kier molecular flexibility index (Phi) is 4.24. The van der Waals surface area contributed by atoms with Crippen LogP contribution in [0.2, 0.25) is 0 Å². The van der Waals surface area contributed by atoms with Crippen LogP contribution in [0.3, 0.4) is 0 Å². The molecule has 2 rings (SSSR count). The molecule has 0 aliphatic rings. The maximum Gasteiger partial charge on any atom is 0.335 e. The molecule has 0 bridgehead atoms. The fraction of sp³-hybridized carbons (Fsp3) is 0.286. The maximum absolute atomic E-state index is 10.9. The largest absolute Gasteiger partial charge is 0.493 e. The molecule has 0 saturated heterocycles. The second-order valence-corrected chi connectivity index (χ2v) is 4.29. The number of aryl methyl sites for hydroxylation is 1. The van der Waals surface area contributed by atoms with Gasteiger partial charge in [-0.2, -0.15) is 5.10 Å². The fourth-order valence-electron chi connectivity index (χ4n) is 1.80. The summed E-state index contributed by atoms with van der Waals surface area (Å²) < 4.78 is 12.5. The van der Waals surface area contributed by atoms with Crippen LogP contribution < -0.4 is 9.47 Å². The summed E-state index contributed by atoms with van der Waals surface area (Å²) in [5, 5.41) is 13.0. The number of hydrogen-bond acceptors (Lipinski definition) is 4. The highest BCUT2D eigenvalue weighted by Gasteiger charge is 2.10. The van der Waals surface area contributed by atoms with Crippen LogP contribution in [0.1, 0.15) is 15.9 Å². The van der Waals surface area contributed by atoms with E-state index in [1.807, 2.05) is 13.2 Å². The first-order valence-corrected chi connectivity index (χ1v) is 6.12. The summed E-state index contributed by atoms with van der Waals surface area (Å²) >= 11 is 0. The summed E-state index contributed by atoms with van der Waals surface area (Å²) in [5.74, 6) is -0.0535. The van der Waals surface area contributed by atoms with Gasteiger partial charge < -0.3 is 14.6 Å². The van der Waals surface area contributed by atoms with E-state index in [-0.39, 0.29) is 5.56 Å². The summed E-state index contributed by atoms with van der Waals surface area (Å²) in [6.07, 6.45) is 4.37. The summed E-state index contributed by atoms with van der Waals surface area (Å²) in [4.78, 5) is 10.9. The molecule has 1 aromatic heterocycles. The zero-order valence-electron chi connectivity index (χ0n) is 11.4. The average molecular weight is 276 g/mol. The minimum atomic E-state index is -0.996. The lowest BCUT2D eigenvalue weighted by molar-refractivity contribution is 0.0696. The molecule has 6 heteroatoms. The molecule has 20 heavy (non-hydrogen) atoms.